The van der Waals surface area contributed by atoms with Crippen molar-refractivity contribution in [3.05, 3.63) is 23.0 Å². The number of hydrogen-bond donors (Lipinski definition) is 1. The maximum Gasteiger partial charge on any atom is 0.250 e. The van der Waals surface area contributed by atoms with E-state index in [2.05, 4.69) is 25.3 Å². The smallest absolute Gasteiger partial charge is 0.250 e. The summed E-state index contributed by atoms with van der Waals surface area (Å²) in [5.41, 5.74) is 8.10. The van der Waals surface area contributed by atoms with Crippen molar-refractivity contribution in [2.45, 2.75) is 40.2 Å². The Bertz CT molecular complexity index is 350. The average molecular weight is 194 g/mol. The van der Waals surface area contributed by atoms with E-state index in [9.17, 15) is 4.79 Å². The second-order valence-electron chi connectivity index (χ2n) is 3.83. The molecule has 0 aliphatic rings. The number of primary amides is 1. The van der Waals surface area contributed by atoms with Gasteiger partial charge in [-0.3, -0.25) is 4.79 Å². The van der Waals surface area contributed by atoms with Crippen LogP contribution in [0.2, 0.25) is 0 Å². The normalized spacial score (nSPS) is 10.9. The van der Waals surface area contributed by atoms with Crippen LogP contribution in [0.4, 0.5) is 0 Å². The van der Waals surface area contributed by atoms with Gasteiger partial charge in [-0.25, -0.2) is 0 Å². The topological polar surface area (TPSA) is 48.0 Å². The first-order valence-corrected chi connectivity index (χ1v) is 4.98. The standard InChI is InChI=1S/C11H18N2O/c1-5-13-8(4)9(11(12)14)6-10(13)7(2)3/h6-7H,5H2,1-4H3,(H2,12,14). The maximum atomic E-state index is 11.1. The van der Waals surface area contributed by atoms with E-state index in [1.54, 1.807) is 0 Å². The van der Waals surface area contributed by atoms with E-state index in [4.69, 9.17) is 5.73 Å². The number of aromatic nitrogens is 1. The molecule has 2 N–H and O–H groups in total. The molecule has 0 unspecified atom stereocenters. The van der Waals surface area contributed by atoms with Gasteiger partial charge in [-0.05, 0) is 25.8 Å². The molecule has 1 amide bonds. The fourth-order valence-electron chi connectivity index (χ4n) is 1.82. The molecular weight excluding hydrogens is 176 g/mol. The van der Waals surface area contributed by atoms with Gasteiger partial charge in [0.25, 0.3) is 5.91 Å². The van der Waals surface area contributed by atoms with Gasteiger partial charge in [0, 0.05) is 17.9 Å². The van der Waals surface area contributed by atoms with Gasteiger partial charge in [-0.2, -0.15) is 0 Å². The third kappa shape index (κ3) is 1.67. The van der Waals surface area contributed by atoms with E-state index >= 15 is 0 Å². The highest BCUT2D eigenvalue weighted by molar-refractivity contribution is 5.94. The third-order valence-corrected chi connectivity index (χ3v) is 2.57. The van der Waals surface area contributed by atoms with E-state index in [0.717, 1.165) is 12.2 Å². The van der Waals surface area contributed by atoms with E-state index in [1.165, 1.54) is 5.69 Å². The third-order valence-electron chi connectivity index (χ3n) is 2.57. The van der Waals surface area contributed by atoms with Crippen molar-refractivity contribution < 1.29 is 4.79 Å². The number of amides is 1. The molecule has 1 rings (SSSR count). The Morgan fingerprint density at radius 3 is 2.43 bits per heavy atom. The SMILES string of the molecule is CCn1c(C(C)C)cc(C(N)=O)c1C. The van der Waals surface area contributed by atoms with Gasteiger partial charge < -0.3 is 10.3 Å². The lowest BCUT2D eigenvalue weighted by Crippen LogP contribution is -2.12. The van der Waals surface area contributed by atoms with Crippen molar-refractivity contribution in [3.8, 4) is 0 Å². The maximum absolute atomic E-state index is 11.1. The molecule has 3 nitrogen and oxygen atoms in total. The summed E-state index contributed by atoms with van der Waals surface area (Å²) >= 11 is 0. The molecule has 0 saturated carbocycles. The molecule has 0 radical (unpaired) electrons. The summed E-state index contributed by atoms with van der Waals surface area (Å²) in [4.78, 5) is 11.1. The van der Waals surface area contributed by atoms with Gasteiger partial charge in [0.05, 0.1) is 5.56 Å². The second kappa shape index (κ2) is 3.86. The number of nitrogens with two attached hydrogens (primary N) is 1. The summed E-state index contributed by atoms with van der Waals surface area (Å²) in [6, 6.07) is 1.91. The number of hydrogen-bond acceptors (Lipinski definition) is 1. The first-order valence-electron chi connectivity index (χ1n) is 4.98. The largest absolute Gasteiger partial charge is 0.366 e. The zero-order chi connectivity index (χ0) is 10.9. The molecule has 0 aliphatic heterocycles. The molecule has 0 atom stereocenters. The quantitative estimate of drug-likeness (QED) is 0.786. The predicted octanol–water partition coefficient (Wildman–Crippen LogP) is 2.04. The highest BCUT2D eigenvalue weighted by Crippen LogP contribution is 2.22. The molecule has 1 aromatic rings. The molecule has 0 aliphatic carbocycles. The van der Waals surface area contributed by atoms with E-state index in [1.807, 2.05) is 13.0 Å². The van der Waals surface area contributed by atoms with Crippen molar-refractivity contribution in [1.29, 1.82) is 0 Å². The van der Waals surface area contributed by atoms with Crippen LogP contribution in [0.5, 0.6) is 0 Å². The summed E-state index contributed by atoms with van der Waals surface area (Å²) < 4.78 is 2.14. The van der Waals surface area contributed by atoms with Crippen molar-refractivity contribution >= 4 is 5.91 Å². The molecular formula is C11H18N2O. The average Bonchev–Trinajstić information content (AvgIpc) is 2.42. The Balaban J connectivity index is 3.31. The Labute approximate surface area is 84.9 Å². The fourth-order valence-corrected chi connectivity index (χ4v) is 1.82. The van der Waals surface area contributed by atoms with Crippen LogP contribution >= 0.6 is 0 Å². The van der Waals surface area contributed by atoms with Crippen LogP contribution in [0.3, 0.4) is 0 Å². The molecule has 0 spiro atoms. The summed E-state index contributed by atoms with van der Waals surface area (Å²) in [5, 5.41) is 0. The molecule has 78 valence electrons. The first kappa shape index (κ1) is 10.8. The van der Waals surface area contributed by atoms with Crippen LogP contribution in [-0.2, 0) is 6.54 Å². The minimum absolute atomic E-state index is 0.336. The van der Waals surface area contributed by atoms with Crippen LogP contribution in [0, 0.1) is 6.92 Å². The molecule has 0 bridgehead atoms. The molecule has 1 aromatic heterocycles. The van der Waals surface area contributed by atoms with Crippen LogP contribution in [0.15, 0.2) is 6.07 Å². The number of carbonyl (C=O) groups is 1. The van der Waals surface area contributed by atoms with Crippen molar-refractivity contribution in [3.63, 3.8) is 0 Å². The van der Waals surface area contributed by atoms with Gasteiger partial charge >= 0.3 is 0 Å². The van der Waals surface area contributed by atoms with Crippen molar-refractivity contribution in [2.24, 2.45) is 5.73 Å². The molecule has 0 fully saturated rings. The van der Waals surface area contributed by atoms with Gasteiger partial charge in [0.1, 0.15) is 0 Å². The lowest BCUT2D eigenvalue weighted by molar-refractivity contribution is 0.0999. The number of nitrogens with zero attached hydrogens (tertiary/aromatic N) is 1. The zero-order valence-corrected chi connectivity index (χ0v) is 9.29. The van der Waals surface area contributed by atoms with Crippen LogP contribution in [0.25, 0.3) is 0 Å². The minimum atomic E-state index is -0.336. The van der Waals surface area contributed by atoms with E-state index < -0.39 is 0 Å². The van der Waals surface area contributed by atoms with Gasteiger partial charge in [0.15, 0.2) is 0 Å². The number of carbonyl (C=O) groups excluding carboxylic acids is 1. The zero-order valence-electron chi connectivity index (χ0n) is 9.29. The second-order valence-corrected chi connectivity index (χ2v) is 3.83. The lowest BCUT2D eigenvalue weighted by Gasteiger charge is -2.11. The van der Waals surface area contributed by atoms with Crippen molar-refractivity contribution in [2.75, 3.05) is 0 Å². The molecule has 0 saturated heterocycles. The van der Waals surface area contributed by atoms with Gasteiger partial charge in [-0.1, -0.05) is 13.8 Å². The molecule has 0 aromatic carbocycles. The summed E-state index contributed by atoms with van der Waals surface area (Å²) in [5.74, 6) is 0.0818. The minimum Gasteiger partial charge on any atom is -0.366 e. The Kier molecular flexibility index (Phi) is 2.99. The van der Waals surface area contributed by atoms with E-state index in [-0.39, 0.29) is 5.91 Å². The monoisotopic (exact) mass is 194 g/mol. The molecule has 1 heterocycles. The highest BCUT2D eigenvalue weighted by Gasteiger charge is 2.15. The van der Waals surface area contributed by atoms with Crippen LogP contribution in [0.1, 0.15) is 48.4 Å². The predicted molar refractivity (Wildman–Crippen MR) is 57.4 cm³/mol. The highest BCUT2D eigenvalue weighted by atomic mass is 16.1. The van der Waals surface area contributed by atoms with E-state index in [0.29, 0.717) is 11.5 Å². The first-order chi connectivity index (χ1) is 6.49. The summed E-state index contributed by atoms with van der Waals surface area (Å²) in [6.07, 6.45) is 0. The Morgan fingerprint density at radius 2 is 2.14 bits per heavy atom. The van der Waals surface area contributed by atoms with Gasteiger partial charge in [0.2, 0.25) is 0 Å². The summed E-state index contributed by atoms with van der Waals surface area (Å²) in [6.45, 7) is 9.13. The van der Waals surface area contributed by atoms with Crippen LogP contribution < -0.4 is 5.73 Å². The molecule has 3 heteroatoms. The summed E-state index contributed by atoms with van der Waals surface area (Å²) in [7, 11) is 0. The Morgan fingerprint density at radius 1 is 1.57 bits per heavy atom. The molecule has 14 heavy (non-hydrogen) atoms. The van der Waals surface area contributed by atoms with Gasteiger partial charge in [-0.15, -0.1) is 0 Å². The number of rotatable bonds is 3. The Hall–Kier alpha value is -1.25. The van der Waals surface area contributed by atoms with Crippen LogP contribution in [-0.4, -0.2) is 10.5 Å². The van der Waals surface area contributed by atoms with Crippen molar-refractivity contribution in [1.82, 2.24) is 4.57 Å². The fraction of sp³-hybridized carbons (Fsp3) is 0.545. The lowest BCUT2D eigenvalue weighted by atomic mass is 10.1.